The van der Waals surface area contributed by atoms with E-state index in [2.05, 4.69) is 27.9 Å². The third-order valence-corrected chi connectivity index (χ3v) is 7.39. The smallest absolute Gasteiger partial charge is 0.245 e. The highest BCUT2D eigenvalue weighted by atomic mass is 127. The van der Waals surface area contributed by atoms with Crippen LogP contribution in [0.15, 0.2) is 77.7 Å². The number of carbonyl (C=O) groups excluding carboxylic acids is 1. The van der Waals surface area contributed by atoms with Crippen molar-refractivity contribution in [3.63, 3.8) is 0 Å². The Morgan fingerprint density at radius 3 is 2.30 bits per heavy atom. The third-order valence-electron chi connectivity index (χ3n) is 4.16. The highest BCUT2D eigenvalue weighted by molar-refractivity contribution is 14.1. The molecule has 0 fully saturated rings. The maximum absolute atomic E-state index is 13.3. The van der Waals surface area contributed by atoms with Gasteiger partial charge in [0.1, 0.15) is 4.90 Å². The molecule has 0 aliphatic heterocycles. The first-order chi connectivity index (χ1) is 14.3. The predicted molar refractivity (Wildman–Crippen MR) is 128 cm³/mol. The zero-order valence-corrected chi connectivity index (χ0v) is 20.0. The molecular formula is C21H17Cl2IN2O3S. The van der Waals surface area contributed by atoms with E-state index in [9.17, 15) is 13.2 Å². The van der Waals surface area contributed by atoms with Gasteiger partial charge < -0.3 is 5.32 Å². The molecule has 5 nitrogen and oxygen atoms in total. The minimum Gasteiger partial charge on any atom is -0.325 e. The Kier molecular flexibility index (Phi) is 7.75. The average Bonchev–Trinajstić information content (AvgIpc) is 2.71. The van der Waals surface area contributed by atoms with E-state index in [-0.39, 0.29) is 28.0 Å². The molecule has 156 valence electrons. The molecule has 3 aromatic rings. The van der Waals surface area contributed by atoms with Gasteiger partial charge in [0.25, 0.3) is 0 Å². The first-order valence-corrected chi connectivity index (χ1v) is 12.1. The van der Waals surface area contributed by atoms with Crippen LogP contribution < -0.4 is 5.32 Å². The van der Waals surface area contributed by atoms with Gasteiger partial charge in [0, 0.05) is 20.8 Å². The van der Waals surface area contributed by atoms with Crippen molar-refractivity contribution in [2.75, 3.05) is 11.9 Å². The van der Waals surface area contributed by atoms with Gasteiger partial charge in [-0.2, -0.15) is 4.31 Å². The van der Waals surface area contributed by atoms with Crippen molar-refractivity contribution in [2.24, 2.45) is 0 Å². The van der Waals surface area contributed by atoms with E-state index in [1.54, 1.807) is 36.4 Å². The van der Waals surface area contributed by atoms with Crippen molar-refractivity contribution >= 4 is 67.4 Å². The first-order valence-electron chi connectivity index (χ1n) is 8.80. The summed E-state index contributed by atoms with van der Waals surface area (Å²) >= 11 is 14.3. The molecule has 0 spiro atoms. The van der Waals surface area contributed by atoms with E-state index >= 15 is 0 Å². The molecule has 0 unspecified atom stereocenters. The van der Waals surface area contributed by atoms with Crippen LogP contribution in [0.25, 0.3) is 0 Å². The number of sulfonamides is 1. The Bertz CT molecular complexity index is 1140. The molecule has 0 atom stereocenters. The van der Waals surface area contributed by atoms with Crippen LogP contribution in [0.4, 0.5) is 5.69 Å². The number of anilines is 1. The van der Waals surface area contributed by atoms with Crippen molar-refractivity contribution in [1.29, 1.82) is 0 Å². The van der Waals surface area contributed by atoms with Gasteiger partial charge in [-0.3, -0.25) is 4.79 Å². The lowest BCUT2D eigenvalue weighted by Gasteiger charge is -2.22. The van der Waals surface area contributed by atoms with Crippen molar-refractivity contribution < 1.29 is 13.2 Å². The van der Waals surface area contributed by atoms with E-state index in [1.807, 2.05) is 18.2 Å². The second-order valence-corrected chi connectivity index (χ2v) is 10.4. The van der Waals surface area contributed by atoms with Crippen LogP contribution in [-0.2, 0) is 21.4 Å². The SMILES string of the molecule is O=C(CN(Cc1ccccc1)S(=O)(=O)c1cc(Cl)ccc1Cl)Nc1ccc(I)cc1. The maximum Gasteiger partial charge on any atom is 0.245 e. The summed E-state index contributed by atoms with van der Waals surface area (Å²) in [5, 5.41) is 3.00. The Balaban J connectivity index is 1.90. The molecule has 1 N–H and O–H groups in total. The lowest BCUT2D eigenvalue weighted by molar-refractivity contribution is -0.116. The van der Waals surface area contributed by atoms with Crippen LogP contribution in [0.5, 0.6) is 0 Å². The number of halogens is 3. The van der Waals surface area contributed by atoms with Crippen LogP contribution in [0, 0.1) is 3.57 Å². The molecule has 9 heteroatoms. The number of nitrogens with one attached hydrogen (secondary N) is 1. The van der Waals surface area contributed by atoms with Crippen LogP contribution >= 0.6 is 45.8 Å². The van der Waals surface area contributed by atoms with Crippen LogP contribution in [0.3, 0.4) is 0 Å². The summed E-state index contributed by atoms with van der Waals surface area (Å²) in [4.78, 5) is 12.5. The second kappa shape index (κ2) is 10.1. The molecule has 0 aromatic heterocycles. The van der Waals surface area contributed by atoms with Crippen molar-refractivity contribution in [3.8, 4) is 0 Å². The minimum absolute atomic E-state index is 0.00608. The standard InChI is InChI=1S/C21H17Cl2IN2O3S/c22-16-6-11-19(23)20(12-16)30(28,29)26(13-15-4-2-1-3-5-15)14-21(27)25-18-9-7-17(24)8-10-18/h1-12H,13-14H2,(H,25,27). The van der Waals surface area contributed by atoms with Crippen molar-refractivity contribution in [3.05, 3.63) is 92.0 Å². The lowest BCUT2D eigenvalue weighted by atomic mass is 10.2. The molecular weight excluding hydrogens is 558 g/mol. The van der Waals surface area contributed by atoms with E-state index < -0.39 is 15.9 Å². The third kappa shape index (κ3) is 5.95. The molecule has 0 bridgehead atoms. The quantitative estimate of drug-likeness (QED) is 0.383. The van der Waals surface area contributed by atoms with Gasteiger partial charge in [0.15, 0.2) is 0 Å². The molecule has 0 aliphatic carbocycles. The zero-order valence-electron chi connectivity index (χ0n) is 15.6. The number of hydrogen-bond donors (Lipinski definition) is 1. The van der Waals surface area contributed by atoms with Crippen LogP contribution in [0.1, 0.15) is 5.56 Å². The fourth-order valence-corrected chi connectivity index (χ4v) is 5.20. The highest BCUT2D eigenvalue weighted by Crippen LogP contribution is 2.28. The molecule has 0 heterocycles. The summed E-state index contributed by atoms with van der Waals surface area (Å²) in [7, 11) is -4.09. The van der Waals surface area contributed by atoms with Crippen molar-refractivity contribution in [1.82, 2.24) is 4.31 Å². The van der Waals surface area contributed by atoms with Crippen LogP contribution in [0.2, 0.25) is 10.0 Å². The van der Waals surface area contributed by atoms with Crippen molar-refractivity contribution in [2.45, 2.75) is 11.4 Å². The molecule has 0 saturated heterocycles. The highest BCUT2D eigenvalue weighted by Gasteiger charge is 2.29. The number of hydrogen-bond acceptors (Lipinski definition) is 3. The molecule has 0 radical (unpaired) electrons. The molecule has 0 aliphatic rings. The minimum atomic E-state index is -4.09. The Labute approximate surface area is 199 Å². The maximum atomic E-state index is 13.3. The number of nitrogens with zero attached hydrogens (tertiary/aromatic N) is 1. The molecule has 0 saturated carbocycles. The predicted octanol–water partition coefficient (Wildman–Crippen LogP) is 5.43. The summed E-state index contributed by atoms with van der Waals surface area (Å²) in [6.07, 6.45) is 0. The monoisotopic (exact) mass is 574 g/mol. The number of rotatable bonds is 7. The molecule has 3 rings (SSSR count). The van der Waals surface area contributed by atoms with Gasteiger partial charge >= 0.3 is 0 Å². The average molecular weight is 575 g/mol. The fraction of sp³-hybridized carbons (Fsp3) is 0.0952. The van der Waals surface area contributed by atoms with Gasteiger partial charge in [0.05, 0.1) is 11.6 Å². The Morgan fingerprint density at radius 2 is 1.63 bits per heavy atom. The first kappa shape index (κ1) is 23.0. The van der Waals surface area contributed by atoms with Gasteiger partial charge in [-0.15, -0.1) is 0 Å². The van der Waals surface area contributed by atoms with Gasteiger partial charge in [-0.1, -0.05) is 53.5 Å². The van der Waals surface area contributed by atoms with E-state index in [4.69, 9.17) is 23.2 Å². The van der Waals surface area contributed by atoms with E-state index in [0.717, 1.165) is 13.4 Å². The van der Waals surface area contributed by atoms with Gasteiger partial charge in [-0.25, -0.2) is 8.42 Å². The Morgan fingerprint density at radius 1 is 0.967 bits per heavy atom. The number of amides is 1. The zero-order chi connectivity index (χ0) is 21.7. The second-order valence-electron chi connectivity index (χ2n) is 6.39. The lowest BCUT2D eigenvalue weighted by Crippen LogP contribution is -2.37. The normalized spacial score (nSPS) is 11.5. The fourth-order valence-electron chi connectivity index (χ4n) is 2.72. The van der Waals surface area contributed by atoms with Crippen LogP contribution in [-0.4, -0.2) is 25.2 Å². The topological polar surface area (TPSA) is 66.5 Å². The summed E-state index contributed by atoms with van der Waals surface area (Å²) < 4.78 is 28.8. The molecule has 3 aromatic carbocycles. The number of benzene rings is 3. The van der Waals surface area contributed by atoms with Gasteiger partial charge in [0.2, 0.25) is 15.9 Å². The van der Waals surface area contributed by atoms with E-state index in [1.165, 1.54) is 18.2 Å². The van der Waals surface area contributed by atoms with Gasteiger partial charge in [-0.05, 0) is 70.6 Å². The van der Waals surface area contributed by atoms with E-state index in [0.29, 0.717) is 5.69 Å². The largest absolute Gasteiger partial charge is 0.325 e. The Hall–Kier alpha value is -1.65. The summed E-state index contributed by atoms with van der Waals surface area (Å²) in [5.41, 5.74) is 1.32. The summed E-state index contributed by atoms with van der Waals surface area (Å²) in [6.45, 7) is -0.377. The molecule has 1 amide bonds. The summed E-state index contributed by atoms with van der Waals surface area (Å²) in [6, 6.07) is 20.4. The number of carbonyl (C=O) groups is 1. The molecule has 30 heavy (non-hydrogen) atoms. The summed E-state index contributed by atoms with van der Waals surface area (Å²) in [5.74, 6) is -0.464.